The maximum absolute atomic E-state index is 4.23. The second-order valence-electron chi connectivity index (χ2n) is 5.83. The van der Waals surface area contributed by atoms with E-state index >= 15 is 0 Å². The lowest BCUT2D eigenvalue weighted by Gasteiger charge is -2.19. The van der Waals surface area contributed by atoms with Crippen molar-refractivity contribution in [2.45, 2.75) is 46.5 Å². The number of benzene rings is 1. The molecule has 0 spiro atoms. The van der Waals surface area contributed by atoms with E-state index in [0.717, 1.165) is 0 Å². The molecule has 1 aromatic heterocycles. The number of nitrogens with zero attached hydrogens (tertiary/aromatic N) is 1. The van der Waals surface area contributed by atoms with E-state index in [1.54, 1.807) is 0 Å². The van der Waals surface area contributed by atoms with Crippen molar-refractivity contribution in [2.75, 3.05) is 0 Å². The van der Waals surface area contributed by atoms with E-state index in [-0.39, 0.29) is 0 Å². The third kappa shape index (κ3) is 2.86. The normalized spacial score (nSPS) is 11.3. The SMILES string of the molecule is Cc1c(C(C)C)cc(-c2cccnc2)cc1C(C)C. The Morgan fingerprint density at radius 3 is 1.89 bits per heavy atom. The van der Waals surface area contributed by atoms with Crippen molar-refractivity contribution in [3.05, 3.63) is 53.3 Å². The molecular formula is C18H23N. The molecule has 2 rings (SSSR count). The molecule has 1 aromatic carbocycles. The van der Waals surface area contributed by atoms with E-state index in [4.69, 9.17) is 0 Å². The second-order valence-corrected chi connectivity index (χ2v) is 5.83. The smallest absolute Gasteiger partial charge is 0.0346 e. The lowest BCUT2D eigenvalue weighted by molar-refractivity contribution is 0.818. The van der Waals surface area contributed by atoms with E-state index in [0.29, 0.717) is 11.8 Å². The number of hydrogen-bond acceptors (Lipinski definition) is 1. The molecule has 0 aliphatic heterocycles. The molecule has 2 aromatic rings. The molecule has 1 heteroatoms. The number of hydrogen-bond donors (Lipinski definition) is 0. The first kappa shape index (κ1) is 13.8. The molecule has 1 nitrogen and oxygen atoms in total. The van der Waals surface area contributed by atoms with Crippen molar-refractivity contribution in [1.82, 2.24) is 4.98 Å². The van der Waals surface area contributed by atoms with Crippen LogP contribution in [-0.4, -0.2) is 4.98 Å². The van der Waals surface area contributed by atoms with Gasteiger partial charge in [0.15, 0.2) is 0 Å². The number of rotatable bonds is 3. The standard InChI is InChI=1S/C18H23N/c1-12(2)17-9-16(15-7-6-8-19-11-15)10-18(13(3)4)14(17)5/h6-13H,1-5H3. The van der Waals surface area contributed by atoms with Gasteiger partial charge in [0.05, 0.1) is 0 Å². The molecule has 0 fully saturated rings. The summed E-state index contributed by atoms with van der Waals surface area (Å²) in [5.74, 6) is 1.10. The summed E-state index contributed by atoms with van der Waals surface area (Å²) in [6, 6.07) is 8.77. The van der Waals surface area contributed by atoms with Gasteiger partial charge in [-0.15, -0.1) is 0 Å². The van der Waals surface area contributed by atoms with Crippen molar-refractivity contribution < 1.29 is 0 Å². The van der Waals surface area contributed by atoms with Crippen molar-refractivity contribution in [2.24, 2.45) is 0 Å². The largest absolute Gasteiger partial charge is 0.264 e. The van der Waals surface area contributed by atoms with Gasteiger partial charge in [-0.05, 0) is 47.1 Å². The predicted octanol–water partition coefficient (Wildman–Crippen LogP) is 5.30. The van der Waals surface area contributed by atoms with E-state index < -0.39 is 0 Å². The van der Waals surface area contributed by atoms with Gasteiger partial charge in [-0.2, -0.15) is 0 Å². The zero-order valence-corrected chi connectivity index (χ0v) is 12.6. The summed E-state index contributed by atoms with van der Waals surface area (Å²) in [5.41, 5.74) is 6.82. The Morgan fingerprint density at radius 2 is 1.47 bits per heavy atom. The Kier molecular flexibility index (Phi) is 4.04. The Labute approximate surface area is 116 Å². The number of pyridine rings is 1. The first-order chi connectivity index (χ1) is 9.00. The topological polar surface area (TPSA) is 12.9 Å². The van der Waals surface area contributed by atoms with Gasteiger partial charge in [-0.25, -0.2) is 0 Å². The Morgan fingerprint density at radius 1 is 0.895 bits per heavy atom. The fraction of sp³-hybridized carbons (Fsp3) is 0.389. The molecule has 0 atom stereocenters. The number of aromatic nitrogens is 1. The lowest BCUT2D eigenvalue weighted by atomic mass is 9.86. The molecule has 0 aliphatic rings. The molecular weight excluding hydrogens is 230 g/mol. The van der Waals surface area contributed by atoms with Crippen molar-refractivity contribution in [3.8, 4) is 11.1 Å². The van der Waals surface area contributed by atoms with E-state index in [2.05, 4.69) is 57.8 Å². The molecule has 0 saturated heterocycles. The fourth-order valence-corrected chi connectivity index (χ4v) is 2.66. The summed E-state index contributed by atoms with van der Waals surface area (Å²) in [5, 5.41) is 0. The molecule has 0 amide bonds. The van der Waals surface area contributed by atoms with Crippen LogP contribution in [0.5, 0.6) is 0 Å². The summed E-state index contributed by atoms with van der Waals surface area (Å²) >= 11 is 0. The fourth-order valence-electron chi connectivity index (χ4n) is 2.66. The summed E-state index contributed by atoms with van der Waals surface area (Å²) in [6.07, 6.45) is 3.77. The van der Waals surface area contributed by atoms with Gasteiger partial charge in [0.2, 0.25) is 0 Å². The highest BCUT2D eigenvalue weighted by atomic mass is 14.6. The average Bonchev–Trinajstić information content (AvgIpc) is 2.39. The first-order valence-electron chi connectivity index (χ1n) is 7.05. The van der Waals surface area contributed by atoms with E-state index in [1.807, 2.05) is 18.5 Å². The van der Waals surface area contributed by atoms with Gasteiger partial charge in [-0.1, -0.05) is 45.9 Å². The predicted molar refractivity (Wildman–Crippen MR) is 82.6 cm³/mol. The Bertz CT molecular complexity index is 524. The van der Waals surface area contributed by atoms with Crippen molar-refractivity contribution in [3.63, 3.8) is 0 Å². The second kappa shape index (κ2) is 5.56. The van der Waals surface area contributed by atoms with E-state index in [9.17, 15) is 0 Å². The van der Waals surface area contributed by atoms with Crippen LogP contribution in [0.25, 0.3) is 11.1 Å². The molecule has 0 saturated carbocycles. The van der Waals surface area contributed by atoms with Crippen LogP contribution in [0, 0.1) is 6.92 Å². The Hall–Kier alpha value is -1.63. The van der Waals surface area contributed by atoms with Gasteiger partial charge in [0.1, 0.15) is 0 Å². The highest BCUT2D eigenvalue weighted by Crippen LogP contribution is 2.32. The van der Waals surface area contributed by atoms with Gasteiger partial charge in [0, 0.05) is 18.0 Å². The van der Waals surface area contributed by atoms with Gasteiger partial charge in [-0.3, -0.25) is 4.98 Å². The molecule has 1 heterocycles. The minimum atomic E-state index is 0.550. The molecule has 0 aliphatic carbocycles. The molecule has 19 heavy (non-hydrogen) atoms. The highest BCUT2D eigenvalue weighted by molar-refractivity contribution is 5.66. The van der Waals surface area contributed by atoms with Crippen molar-refractivity contribution >= 4 is 0 Å². The zero-order valence-electron chi connectivity index (χ0n) is 12.6. The summed E-state index contributed by atoms with van der Waals surface area (Å²) in [7, 11) is 0. The van der Waals surface area contributed by atoms with Crippen LogP contribution >= 0.6 is 0 Å². The van der Waals surface area contributed by atoms with Crippen LogP contribution in [0.1, 0.15) is 56.2 Å². The highest BCUT2D eigenvalue weighted by Gasteiger charge is 2.13. The Balaban J connectivity index is 2.63. The van der Waals surface area contributed by atoms with Gasteiger partial charge >= 0.3 is 0 Å². The zero-order chi connectivity index (χ0) is 14.0. The summed E-state index contributed by atoms with van der Waals surface area (Å²) in [4.78, 5) is 4.23. The third-order valence-electron chi connectivity index (χ3n) is 3.73. The van der Waals surface area contributed by atoms with Crippen LogP contribution < -0.4 is 0 Å². The lowest BCUT2D eigenvalue weighted by Crippen LogP contribution is -2.00. The van der Waals surface area contributed by atoms with Crippen LogP contribution in [0.15, 0.2) is 36.7 Å². The van der Waals surface area contributed by atoms with Gasteiger partial charge < -0.3 is 0 Å². The van der Waals surface area contributed by atoms with E-state index in [1.165, 1.54) is 27.8 Å². The van der Waals surface area contributed by atoms with Gasteiger partial charge in [0.25, 0.3) is 0 Å². The maximum atomic E-state index is 4.23. The van der Waals surface area contributed by atoms with Crippen LogP contribution in [0.2, 0.25) is 0 Å². The monoisotopic (exact) mass is 253 g/mol. The first-order valence-corrected chi connectivity index (χ1v) is 7.05. The molecule has 0 radical (unpaired) electrons. The van der Waals surface area contributed by atoms with Crippen LogP contribution in [-0.2, 0) is 0 Å². The molecule has 100 valence electrons. The molecule has 0 bridgehead atoms. The van der Waals surface area contributed by atoms with Crippen LogP contribution in [0.3, 0.4) is 0 Å². The molecule has 0 unspecified atom stereocenters. The minimum Gasteiger partial charge on any atom is -0.264 e. The maximum Gasteiger partial charge on any atom is 0.0346 e. The quantitative estimate of drug-likeness (QED) is 0.723. The van der Waals surface area contributed by atoms with Crippen LogP contribution in [0.4, 0.5) is 0 Å². The minimum absolute atomic E-state index is 0.550. The third-order valence-corrected chi connectivity index (χ3v) is 3.73. The summed E-state index contributed by atoms with van der Waals surface area (Å²) in [6.45, 7) is 11.3. The summed E-state index contributed by atoms with van der Waals surface area (Å²) < 4.78 is 0. The average molecular weight is 253 g/mol. The molecule has 0 N–H and O–H groups in total. The van der Waals surface area contributed by atoms with Crippen molar-refractivity contribution in [1.29, 1.82) is 0 Å².